The third kappa shape index (κ3) is 3.43. The summed E-state index contributed by atoms with van der Waals surface area (Å²) in [5.74, 6) is 0. The van der Waals surface area contributed by atoms with Crippen molar-refractivity contribution in [3.8, 4) is 0 Å². The topological polar surface area (TPSA) is 0 Å². The summed E-state index contributed by atoms with van der Waals surface area (Å²) in [7, 11) is 0. The zero-order valence-electron chi connectivity index (χ0n) is 13.8. The molecule has 0 heterocycles. The van der Waals surface area contributed by atoms with Crippen LogP contribution in [0.3, 0.4) is 0 Å². The van der Waals surface area contributed by atoms with Crippen molar-refractivity contribution < 1.29 is 26.3 Å². The molecule has 3 aromatic carbocycles. The molecule has 3 aromatic rings. The predicted octanol–water partition coefficient (Wildman–Crippen LogP) is 7.37. The molecule has 0 saturated carbocycles. The van der Waals surface area contributed by atoms with Gasteiger partial charge in [-0.2, -0.15) is 26.3 Å². The monoisotopic (exact) mass is 358 g/mol. The Morgan fingerprint density at radius 2 is 0.960 bits per heavy atom. The van der Waals surface area contributed by atoms with Crippen LogP contribution in [0.25, 0.3) is 21.5 Å². The number of halogens is 6. The van der Waals surface area contributed by atoms with Crippen LogP contribution in [0.1, 0.15) is 30.5 Å². The molecule has 0 fully saturated rings. The summed E-state index contributed by atoms with van der Waals surface area (Å²) in [6, 6.07) is 8.24. The lowest BCUT2D eigenvalue weighted by atomic mass is 9.92. The quantitative estimate of drug-likeness (QED) is 0.291. The Morgan fingerprint density at radius 1 is 0.600 bits per heavy atom. The lowest BCUT2D eigenvalue weighted by Gasteiger charge is -2.16. The fourth-order valence-electron chi connectivity index (χ4n) is 2.88. The summed E-state index contributed by atoms with van der Waals surface area (Å²) in [4.78, 5) is 0. The van der Waals surface area contributed by atoms with Crippen molar-refractivity contribution in [2.75, 3.05) is 0 Å². The van der Waals surface area contributed by atoms with Gasteiger partial charge >= 0.3 is 12.4 Å². The Bertz CT molecular complexity index is 832. The van der Waals surface area contributed by atoms with Crippen LogP contribution in [0.4, 0.5) is 26.3 Å². The van der Waals surface area contributed by atoms with Crippen molar-refractivity contribution >= 4 is 21.5 Å². The van der Waals surface area contributed by atoms with E-state index < -0.39 is 23.5 Å². The molecule has 134 valence electrons. The van der Waals surface area contributed by atoms with Gasteiger partial charge in [-0.15, -0.1) is 0 Å². The Balaban J connectivity index is 0.00000109. The summed E-state index contributed by atoms with van der Waals surface area (Å²) in [5, 5.41) is 0.154. The number of rotatable bonds is 0. The Morgan fingerprint density at radius 3 is 1.28 bits per heavy atom. The first-order valence-corrected chi connectivity index (χ1v) is 7.70. The van der Waals surface area contributed by atoms with E-state index in [0.29, 0.717) is 16.3 Å². The summed E-state index contributed by atoms with van der Waals surface area (Å²) in [5.41, 5.74) is -1.47. The minimum atomic E-state index is -4.63. The van der Waals surface area contributed by atoms with E-state index in [1.54, 1.807) is 0 Å². The molecule has 25 heavy (non-hydrogen) atoms. The first kappa shape index (κ1) is 19.1. The van der Waals surface area contributed by atoms with E-state index in [0.717, 1.165) is 18.2 Å². The molecule has 0 aliphatic carbocycles. The van der Waals surface area contributed by atoms with Crippen molar-refractivity contribution in [2.24, 2.45) is 0 Å². The van der Waals surface area contributed by atoms with Crippen LogP contribution in [-0.2, 0) is 12.4 Å². The maximum atomic E-state index is 13.2. The van der Waals surface area contributed by atoms with E-state index in [1.807, 2.05) is 13.8 Å². The number of benzene rings is 3. The molecule has 0 unspecified atom stereocenters. The van der Waals surface area contributed by atoms with E-state index in [1.165, 1.54) is 31.2 Å². The van der Waals surface area contributed by atoms with Gasteiger partial charge in [0.05, 0.1) is 11.1 Å². The second kappa shape index (κ2) is 6.58. The number of aryl methyl sites for hydroxylation is 1. The van der Waals surface area contributed by atoms with Crippen molar-refractivity contribution in [3.63, 3.8) is 0 Å². The van der Waals surface area contributed by atoms with Crippen molar-refractivity contribution in [1.29, 1.82) is 0 Å². The van der Waals surface area contributed by atoms with Crippen LogP contribution in [0, 0.1) is 6.92 Å². The zero-order chi connectivity index (χ0) is 19.0. The summed E-state index contributed by atoms with van der Waals surface area (Å²) < 4.78 is 79.0. The van der Waals surface area contributed by atoms with Crippen molar-refractivity contribution in [1.82, 2.24) is 0 Å². The molecule has 0 radical (unpaired) electrons. The lowest BCUT2D eigenvalue weighted by molar-refractivity contribution is -0.136. The Labute approximate surface area is 141 Å². The SMILES string of the molecule is CC.Cc1c2cccc(C(F)(F)F)c2cc2c(C(F)(F)F)cccc12. The molecule has 0 aliphatic heterocycles. The van der Waals surface area contributed by atoms with Gasteiger partial charge < -0.3 is 0 Å². The minimum Gasteiger partial charge on any atom is -0.166 e. The summed E-state index contributed by atoms with van der Waals surface area (Å²) in [6.45, 7) is 5.53. The van der Waals surface area contributed by atoms with E-state index in [2.05, 4.69) is 0 Å². The second-order valence-electron chi connectivity index (χ2n) is 5.30. The number of fused-ring (bicyclic) bond motifs is 2. The lowest BCUT2D eigenvalue weighted by Crippen LogP contribution is -2.08. The zero-order valence-corrected chi connectivity index (χ0v) is 13.8. The fourth-order valence-corrected chi connectivity index (χ4v) is 2.88. The number of alkyl halides is 6. The highest BCUT2D eigenvalue weighted by Crippen LogP contribution is 2.41. The molecule has 0 bridgehead atoms. The first-order valence-electron chi connectivity index (χ1n) is 7.70. The van der Waals surface area contributed by atoms with E-state index in [9.17, 15) is 26.3 Å². The van der Waals surface area contributed by atoms with Gasteiger partial charge in [0.2, 0.25) is 0 Å². The third-order valence-electron chi connectivity index (χ3n) is 3.92. The van der Waals surface area contributed by atoms with E-state index in [-0.39, 0.29) is 10.8 Å². The van der Waals surface area contributed by atoms with Gasteiger partial charge in [0.1, 0.15) is 0 Å². The molecule has 3 rings (SSSR count). The number of hydrogen-bond donors (Lipinski definition) is 0. The Kier molecular flexibility index (Phi) is 5.02. The number of hydrogen-bond acceptors (Lipinski definition) is 0. The van der Waals surface area contributed by atoms with Crippen LogP contribution < -0.4 is 0 Å². The van der Waals surface area contributed by atoms with Gasteiger partial charge in [-0.25, -0.2) is 0 Å². The predicted molar refractivity (Wildman–Crippen MR) is 87.5 cm³/mol. The second-order valence-corrected chi connectivity index (χ2v) is 5.30. The molecule has 0 N–H and O–H groups in total. The average Bonchev–Trinajstić information content (AvgIpc) is 2.54. The summed E-state index contributed by atoms with van der Waals surface area (Å²) >= 11 is 0. The van der Waals surface area contributed by atoms with Gasteiger partial charge in [0.15, 0.2) is 0 Å². The molecule has 0 atom stereocenters. The van der Waals surface area contributed by atoms with Gasteiger partial charge in [-0.3, -0.25) is 0 Å². The molecule has 0 aliphatic rings. The largest absolute Gasteiger partial charge is 0.417 e. The molecule has 0 aromatic heterocycles. The maximum Gasteiger partial charge on any atom is 0.417 e. The molecule has 0 nitrogen and oxygen atoms in total. The molecule has 0 amide bonds. The average molecular weight is 358 g/mol. The van der Waals surface area contributed by atoms with Gasteiger partial charge in [0.25, 0.3) is 0 Å². The smallest absolute Gasteiger partial charge is 0.166 e. The van der Waals surface area contributed by atoms with Crippen LogP contribution in [0.2, 0.25) is 0 Å². The molecule has 0 spiro atoms. The van der Waals surface area contributed by atoms with Crippen LogP contribution >= 0.6 is 0 Å². The van der Waals surface area contributed by atoms with Crippen LogP contribution in [0.5, 0.6) is 0 Å². The molecular formula is C19H16F6. The highest BCUT2D eigenvalue weighted by Gasteiger charge is 2.35. The van der Waals surface area contributed by atoms with Gasteiger partial charge in [-0.1, -0.05) is 38.1 Å². The van der Waals surface area contributed by atoms with Gasteiger partial charge in [-0.05, 0) is 52.2 Å². The highest BCUT2D eigenvalue weighted by molar-refractivity contribution is 6.04. The molecule has 0 saturated heterocycles. The van der Waals surface area contributed by atoms with Crippen LogP contribution in [-0.4, -0.2) is 0 Å². The van der Waals surface area contributed by atoms with E-state index >= 15 is 0 Å². The first-order chi connectivity index (χ1) is 11.6. The van der Waals surface area contributed by atoms with Crippen molar-refractivity contribution in [2.45, 2.75) is 33.1 Å². The van der Waals surface area contributed by atoms with Crippen molar-refractivity contribution in [3.05, 3.63) is 59.2 Å². The molecule has 6 heteroatoms. The highest BCUT2D eigenvalue weighted by atomic mass is 19.4. The van der Waals surface area contributed by atoms with E-state index in [4.69, 9.17) is 0 Å². The maximum absolute atomic E-state index is 13.2. The Hall–Kier alpha value is -2.24. The normalized spacial score (nSPS) is 12.2. The summed E-state index contributed by atoms with van der Waals surface area (Å²) in [6.07, 6.45) is -9.26. The van der Waals surface area contributed by atoms with Crippen LogP contribution in [0.15, 0.2) is 42.5 Å². The third-order valence-corrected chi connectivity index (χ3v) is 3.92. The van der Waals surface area contributed by atoms with Gasteiger partial charge in [0, 0.05) is 0 Å². The minimum absolute atomic E-state index is 0.221. The fraction of sp³-hybridized carbons (Fsp3) is 0.263. The molecular weight excluding hydrogens is 342 g/mol. The standard InChI is InChI=1S/C17H10F6.C2H6/c1-9-10-4-2-6-14(16(18,19)20)12(10)8-13-11(9)5-3-7-15(13)17(21,22)23;1-2/h2-8H,1H3;1-2H3.